The topological polar surface area (TPSA) is 51.2 Å². The summed E-state index contributed by atoms with van der Waals surface area (Å²) in [5.41, 5.74) is 5.99. The van der Waals surface area contributed by atoms with E-state index < -0.39 is 0 Å². The van der Waals surface area contributed by atoms with Crippen molar-refractivity contribution in [3.05, 3.63) is 23.7 Å². The zero-order valence-corrected chi connectivity index (χ0v) is 9.97. The highest BCUT2D eigenvalue weighted by atomic mass is 16.3. The molecule has 0 aliphatic rings. The molecule has 0 spiro atoms. The summed E-state index contributed by atoms with van der Waals surface area (Å²) < 4.78 is 5.45. The van der Waals surface area contributed by atoms with Gasteiger partial charge >= 0.3 is 0 Å². The minimum atomic E-state index is -0.115. The monoisotopic (exact) mass is 210 g/mol. The molecule has 1 rings (SSSR count). The first-order chi connectivity index (χ1) is 7.03. The van der Waals surface area contributed by atoms with Gasteiger partial charge in [-0.15, -0.1) is 0 Å². The molecular weight excluding hydrogens is 188 g/mol. The van der Waals surface area contributed by atoms with Crippen molar-refractivity contribution in [3.8, 4) is 0 Å². The summed E-state index contributed by atoms with van der Waals surface area (Å²) in [6.07, 6.45) is 2.16. The lowest BCUT2D eigenvalue weighted by Gasteiger charge is -2.24. The Morgan fingerprint density at radius 2 is 2.20 bits per heavy atom. The van der Waals surface area contributed by atoms with Crippen LogP contribution in [0.25, 0.3) is 0 Å². The highest BCUT2D eigenvalue weighted by molar-refractivity contribution is 5.05. The van der Waals surface area contributed by atoms with Crippen molar-refractivity contribution >= 4 is 0 Å². The lowest BCUT2D eigenvalue weighted by atomic mass is 9.98. The van der Waals surface area contributed by atoms with Crippen molar-refractivity contribution in [2.45, 2.75) is 45.7 Å². The van der Waals surface area contributed by atoms with Crippen LogP contribution in [-0.2, 0) is 6.54 Å². The number of nitrogens with one attached hydrogen (secondary N) is 1. The Hall–Kier alpha value is -0.800. The minimum absolute atomic E-state index is 0.115. The Morgan fingerprint density at radius 3 is 2.73 bits per heavy atom. The molecule has 0 aliphatic carbocycles. The lowest BCUT2D eigenvalue weighted by molar-refractivity contribution is 0.381. The van der Waals surface area contributed by atoms with Crippen LogP contribution in [-0.4, -0.2) is 12.1 Å². The fourth-order valence-electron chi connectivity index (χ4n) is 1.71. The van der Waals surface area contributed by atoms with Crippen LogP contribution in [0.15, 0.2) is 16.5 Å². The second kappa shape index (κ2) is 5.33. The van der Waals surface area contributed by atoms with Crippen molar-refractivity contribution in [2.75, 3.05) is 6.54 Å². The van der Waals surface area contributed by atoms with Gasteiger partial charge in [0.15, 0.2) is 0 Å². The molecular formula is C12H22N2O. The smallest absolute Gasteiger partial charge is 0.117 e. The SMILES string of the molecule is CCCC(C)(N)CNCc1ccc(C)o1. The van der Waals surface area contributed by atoms with Gasteiger partial charge in [-0.2, -0.15) is 0 Å². The lowest BCUT2D eigenvalue weighted by Crippen LogP contribution is -2.45. The summed E-state index contributed by atoms with van der Waals surface area (Å²) in [5.74, 6) is 1.93. The third kappa shape index (κ3) is 4.49. The summed E-state index contributed by atoms with van der Waals surface area (Å²) in [5, 5.41) is 3.32. The van der Waals surface area contributed by atoms with Crippen molar-refractivity contribution in [1.82, 2.24) is 5.32 Å². The van der Waals surface area contributed by atoms with E-state index in [-0.39, 0.29) is 5.54 Å². The molecule has 0 aromatic carbocycles. The van der Waals surface area contributed by atoms with Gasteiger partial charge in [-0.1, -0.05) is 13.3 Å². The van der Waals surface area contributed by atoms with Crippen LogP contribution in [0.2, 0.25) is 0 Å². The number of furan rings is 1. The van der Waals surface area contributed by atoms with Gasteiger partial charge in [0, 0.05) is 12.1 Å². The van der Waals surface area contributed by atoms with E-state index in [0.717, 1.165) is 37.5 Å². The third-order valence-electron chi connectivity index (χ3n) is 2.45. The van der Waals surface area contributed by atoms with Gasteiger partial charge in [0.05, 0.1) is 6.54 Å². The van der Waals surface area contributed by atoms with E-state index in [1.165, 1.54) is 0 Å². The number of hydrogen-bond donors (Lipinski definition) is 2. The normalized spacial score (nSPS) is 15.2. The third-order valence-corrected chi connectivity index (χ3v) is 2.45. The molecule has 0 bridgehead atoms. The molecule has 1 aromatic rings. The van der Waals surface area contributed by atoms with Gasteiger partial charge in [0.2, 0.25) is 0 Å². The predicted molar refractivity (Wildman–Crippen MR) is 62.7 cm³/mol. The van der Waals surface area contributed by atoms with E-state index in [2.05, 4.69) is 19.2 Å². The zero-order chi connectivity index (χ0) is 11.3. The highest BCUT2D eigenvalue weighted by Gasteiger charge is 2.16. The molecule has 0 saturated carbocycles. The second-order valence-corrected chi connectivity index (χ2v) is 4.52. The summed E-state index contributed by atoms with van der Waals surface area (Å²) >= 11 is 0. The first-order valence-corrected chi connectivity index (χ1v) is 5.58. The van der Waals surface area contributed by atoms with Gasteiger partial charge in [-0.25, -0.2) is 0 Å². The fourth-order valence-corrected chi connectivity index (χ4v) is 1.71. The van der Waals surface area contributed by atoms with Gasteiger partial charge in [-0.05, 0) is 32.4 Å². The maximum atomic E-state index is 6.10. The molecule has 0 radical (unpaired) electrons. The van der Waals surface area contributed by atoms with Gasteiger partial charge in [-0.3, -0.25) is 0 Å². The molecule has 86 valence electrons. The minimum Gasteiger partial charge on any atom is -0.465 e. The Morgan fingerprint density at radius 1 is 1.47 bits per heavy atom. The van der Waals surface area contributed by atoms with Gasteiger partial charge in [0.25, 0.3) is 0 Å². The van der Waals surface area contributed by atoms with E-state index in [0.29, 0.717) is 0 Å². The average Bonchev–Trinajstić information content (AvgIpc) is 2.51. The number of hydrogen-bond acceptors (Lipinski definition) is 3. The van der Waals surface area contributed by atoms with E-state index in [1.54, 1.807) is 0 Å². The van der Waals surface area contributed by atoms with Crippen molar-refractivity contribution in [1.29, 1.82) is 0 Å². The Bertz CT molecular complexity index is 292. The van der Waals surface area contributed by atoms with Crippen LogP contribution in [0, 0.1) is 6.92 Å². The molecule has 0 fully saturated rings. The van der Waals surface area contributed by atoms with Crippen molar-refractivity contribution < 1.29 is 4.42 Å². The molecule has 0 amide bonds. The van der Waals surface area contributed by atoms with Gasteiger partial charge in [0.1, 0.15) is 11.5 Å². The van der Waals surface area contributed by atoms with Crippen molar-refractivity contribution in [2.24, 2.45) is 5.73 Å². The molecule has 3 N–H and O–H groups in total. The Balaban J connectivity index is 2.27. The van der Waals surface area contributed by atoms with E-state index in [1.807, 2.05) is 19.1 Å². The maximum absolute atomic E-state index is 6.10. The molecule has 1 unspecified atom stereocenters. The van der Waals surface area contributed by atoms with Crippen LogP contribution in [0.1, 0.15) is 38.2 Å². The van der Waals surface area contributed by atoms with E-state index >= 15 is 0 Å². The zero-order valence-electron chi connectivity index (χ0n) is 9.97. The van der Waals surface area contributed by atoms with Crippen LogP contribution in [0.4, 0.5) is 0 Å². The molecule has 3 nitrogen and oxygen atoms in total. The molecule has 0 aliphatic heterocycles. The molecule has 3 heteroatoms. The van der Waals surface area contributed by atoms with Crippen LogP contribution in [0.3, 0.4) is 0 Å². The molecule has 1 heterocycles. The van der Waals surface area contributed by atoms with Crippen LogP contribution < -0.4 is 11.1 Å². The summed E-state index contributed by atoms with van der Waals surface area (Å²) in [6, 6.07) is 3.97. The average molecular weight is 210 g/mol. The van der Waals surface area contributed by atoms with Crippen molar-refractivity contribution in [3.63, 3.8) is 0 Å². The first-order valence-electron chi connectivity index (χ1n) is 5.58. The predicted octanol–water partition coefficient (Wildman–Crippen LogP) is 2.20. The number of nitrogens with two attached hydrogens (primary N) is 1. The van der Waals surface area contributed by atoms with Crippen LogP contribution >= 0.6 is 0 Å². The Labute approximate surface area is 92.0 Å². The summed E-state index contributed by atoms with van der Waals surface area (Å²) in [6.45, 7) is 7.76. The second-order valence-electron chi connectivity index (χ2n) is 4.52. The fraction of sp³-hybridized carbons (Fsp3) is 0.667. The number of aryl methyl sites for hydroxylation is 1. The van der Waals surface area contributed by atoms with E-state index in [4.69, 9.17) is 10.2 Å². The number of rotatable bonds is 6. The maximum Gasteiger partial charge on any atom is 0.117 e. The molecule has 1 atom stereocenters. The standard InChI is InChI=1S/C12H22N2O/c1-4-7-12(3,13)9-14-8-11-6-5-10(2)15-11/h5-6,14H,4,7-9,13H2,1-3H3. The summed E-state index contributed by atoms with van der Waals surface area (Å²) in [4.78, 5) is 0. The molecule has 1 aromatic heterocycles. The quantitative estimate of drug-likeness (QED) is 0.756. The largest absolute Gasteiger partial charge is 0.465 e. The first kappa shape index (κ1) is 12.3. The Kier molecular flexibility index (Phi) is 4.36. The highest BCUT2D eigenvalue weighted by Crippen LogP contribution is 2.08. The van der Waals surface area contributed by atoms with Gasteiger partial charge < -0.3 is 15.5 Å². The van der Waals surface area contributed by atoms with E-state index in [9.17, 15) is 0 Å². The molecule has 15 heavy (non-hydrogen) atoms. The molecule has 0 saturated heterocycles. The van der Waals surface area contributed by atoms with Crippen LogP contribution in [0.5, 0.6) is 0 Å². The summed E-state index contributed by atoms with van der Waals surface area (Å²) in [7, 11) is 0.